The molecule has 1 atom stereocenters. The average Bonchev–Trinajstić information content (AvgIpc) is 3.00. The minimum absolute atomic E-state index is 0.322. The number of hydrogen-bond donors (Lipinski definition) is 0. The summed E-state index contributed by atoms with van der Waals surface area (Å²) in [7, 11) is -3.58. The fraction of sp³-hybridized carbons (Fsp3) is 0.294. The Morgan fingerprint density at radius 1 is 1.08 bits per heavy atom. The lowest BCUT2D eigenvalue weighted by atomic mass is 10.1. The molecule has 0 radical (unpaired) electrons. The van der Waals surface area contributed by atoms with Gasteiger partial charge in [0, 0.05) is 22.3 Å². The highest BCUT2D eigenvalue weighted by molar-refractivity contribution is 8.01. The SMILES string of the molecule is Cc1ccc(S(=O)(=O)N2CCS[C@H]2c2ccc(Cl)cc2Cl)cc1C. The molecule has 0 amide bonds. The summed E-state index contributed by atoms with van der Waals surface area (Å²) >= 11 is 13.8. The van der Waals surface area contributed by atoms with Gasteiger partial charge < -0.3 is 0 Å². The smallest absolute Gasteiger partial charge is 0.207 e. The molecule has 128 valence electrons. The Morgan fingerprint density at radius 2 is 1.83 bits per heavy atom. The molecule has 1 aliphatic heterocycles. The first-order valence-electron chi connectivity index (χ1n) is 7.46. The van der Waals surface area contributed by atoms with Gasteiger partial charge in [0.15, 0.2) is 0 Å². The molecule has 7 heteroatoms. The summed E-state index contributed by atoms with van der Waals surface area (Å²) in [4.78, 5) is 0.322. The lowest BCUT2D eigenvalue weighted by Crippen LogP contribution is -2.30. The minimum atomic E-state index is -3.58. The maximum absolute atomic E-state index is 13.1. The Bertz CT molecular complexity index is 884. The summed E-state index contributed by atoms with van der Waals surface area (Å²) in [5.74, 6) is 0.730. The van der Waals surface area contributed by atoms with E-state index in [9.17, 15) is 8.42 Å². The molecule has 2 aromatic rings. The van der Waals surface area contributed by atoms with E-state index in [1.807, 2.05) is 19.9 Å². The van der Waals surface area contributed by atoms with Crippen LogP contribution in [0.1, 0.15) is 22.1 Å². The zero-order valence-corrected chi connectivity index (χ0v) is 16.4. The van der Waals surface area contributed by atoms with Gasteiger partial charge in [-0.2, -0.15) is 4.31 Å². The molecule has 0 aromatic heterocycles. The third-order valence-corrected chi connectivity index (χ3v) is 7.96. The Labute approximate surface area is 157 Å². The highest BCUT2D eigenvalue weighted by Crippen LogP contribution is 2.44. The lowest BCUT2D eigenvalue weighted by molar-refractivity contribution is 0.434. The van der Waals surface area contributed by atoms with Crippen LogP contribution in [0.2, 0.25) is 10.0 Å². The molecule has 1 saturated heterocycles. The number of thioether (sulfide) groups is 1. The van der Waals surface area contributed by atoms with Gasteiger partial charge in [-0.05, 0) is 54.8 Å². The normalized spacial score (nSPS) is 18.9. The van der Waals surface area contributed by atoms with E-state index < -0.39 is 10.0 Å². The largest absolute Gasteiger partial charge is 0.244 e. The number of halogens is 2. The van der Waals surface area contributed by atoms with Crippen LogP contribution in [0.5, 0.6) is 0 Å². The van der Waals surface area contributed by atoms with Crippen LogP contribution in [0.25, 0.3) is 0 Å². The molecule has 1 heterocycles. The van der Waals surface area contributed by atoms with Crippen LogP contribution >= 0.6 is 35.0 Å². The van der Waals surface area contributed by atoms with Crippen LogP contribution in [-0.2, 0) is 10.0 Å². The van der Waals surface area contributed by atoms with Crippen molar-refractivity contribution in [2.45, 2.75) is 24.1 Å². The number of hydrogen-bond acceptors (Lipinski definition) is 3. The molecule has 2 aromatic carbocycles. The number of benzene rings is 2. The number of aryl methyl sites for hydroxylation is 2. The first kappa shape index (κ1) is 18.1. The second kappa shape index (κ2) is 6.89. The van der Waals surface area contributed by atoms with Gasteiger partial charge in [-0.3, -0.25) is 0 Å². The standard InChI is InChI=1S/C17H17Cl2NO2S2/c1-11-3-5-14(9-12(11)2)24(21,22)20-7-8-23-17(20)15-6-4-13(18)10-16(15)19/h3-6,9-10,17H,7-8H2,1-2H3/t17-/m0/s1. The fourth-order valence-corrected chi connectivity index (χ4v) is 6.59. The average molecular weight is 402 g/mol. The van der Waals surface area contributed by atoms with Crippen molar-refractivity contribution in [3.63, 3.8) is 0 Å². The maximum Gasteiger partial charge on any atom is 0.244 e. The van der Waals surface area contributed by atoms with Gasteiger partial charge in [-0.25, -0.2) is 8.42 Å². The predicted molar refractivity (Wildman–Crippen MR) is 101 cm³/mol. The monoisotopic (exact) mass is 401 g/mol. The molecule has 0 spiro atoms. The van der Waals surface area contributed by atoms with Crippen molar-refractivity contribution >= 4 is 45.0 Å². The summed E-state index contributed by atoms with van der Waals surface area (Å²) in [6, 6.07) is 10.4. The third kappa shape index (κ3) is 3.33. The first-order chi connectivity index (χ1) is 11.3. The Kier molecular flexibility index (Phi) is 5.19. The molecule has 1 aliphatic rings. The highest BCUT2D eigenvalue weighted by atomic mass is 35.5. The summed E-state index contributed by atoms with van der Waals surface area (Å²) < 4.78 is 27.7. The van der Waals surface area contributed by atoms with Gasteiger partial charge in [-0.15, -0.1) is 11.8 Å². The number of nitrogens with zero attached hydrogens (tertiary/aromatic N) is 1. The molecule has 0 saturated carbocycles. The van der Waals surface area contributed by atoms with Crippen LogP contribution in [0, 0.1) is 13.8 Å². The Morgan fingerprint density at radius 3 is 2.50 bits per heavy atom. The second-order valence-corrected chi connectivity index (χ2v) is 9.67. The summed E-state index contributed by atoms with van der Waals surface area (Å²) in [6.45, 7) is 4.35. The van der Waals surface area contributed by atoms with Crippen LogP contribution in [0.15, 0.2) is 41.3 Å². The van der Waals surface area contributed by atoms with E-state index in [4.69, 9.17) is 23.2 Å². The van der Waals surface area contributed by atoms with E-state index in [1.54, 1.807) is 42.1 Å². The van der Waals surface area contributed by atoms with E-state index in [0.29, 0.717) is 21.5 Å². The minimum Gasteiger partial charge on any atom is -0.207 e. The van der Waals surface area contributed by atoms with Crippen LogP contribution in [0.3, 0.4) is 0 Å². The summed E-state index contributed by atoms with van der Waals surface area (Å²) in [5.41, 5.74) is 2.81. The number of rotatable bonds is 3. The van der Waals surface area contributed by atoms with Crippen molar-refractivity contribution < 1.29 is 8.42 Å². The van der Waals surface area contributed by atoms with E-state index in [0.717, 1.165) is 22.4 Å². The van der Waals surface area contributed by atoms with Gasteiger partial charge in [0.25, 0.3) is 0 Å². The fourth-order valence-electron chi connectivity index (χ4n) is 2.66. The topological polar surface area (TPSA) is 37.4 Å². The third-order valence-electron chi connectivity index (χ3n) is 4.16. The molecule has 24 heavy (non-hydrogen) atoms. The van der Waals surface area contributed by atoms with Gasteiger partial charge >= 0.3 is 0 Å². The van der Waals surface area contributed by atoms with Crippen LogP contribution in [-0.4, -0.2) is 25.0 Å². The molecule has 1 fully saturated rings. The molecule has 0 N–H and O–H groups in total. The first-order valence-corrected chi connectivity index (χ1v) is 10.7. The van der Waals surface area contributed by atoms with Crippen molar-refractivity contribution in [2.75, 3.05) is 12.3 Å². The highest BCUT2D eigenvalue weighted by Gasteiger charge is 2.37. The Balaban J connectivity index is 2.01. The molecule has 3 nitrogen and oxygen atoms in total. The maximum atomic E-state index is 13.1. The molecular formula is C17H17Cl2NO2S2. The van der Waals surface area contributed by atoms with Crippen molar-refractivity contribution in [1.29, 1.82) is 0 Å². The van der Waals surface area contributed by atoms with E-state index in [2.05, 4.69) is 0 Å². The summed E-state index contributed by atoms with van der Waals surface area (Å²) in [5, 5.41) is 0.693. The molecule has 0 unspecified atom stereocenters. The summed E-state index contributed by atoms with van der Waals surface area (Å²) in [6.07, 6.45) is 0. The predicted octanol–water partition coefficient (Wildman–Crippen LogP) is 5.05. The molecule has 0 aliphatic carbocycles. The van der Waals surface area contributed by atoms with Crippen molar-refractivity contribution in [2.24, 2.45) is 0 Å². The molecule has 3 rings (SSSR count). The molecular weight excluding hydrogens is 385 g/mol. The van der Waals surface area contributed by atoms with Crippen molar-refractivity contribution in [3.8, 4) is 0 Å². The zero-order chi connectivity index (χ0) is 17.5. The van der Waals surface area contributed by atoms with Gasteiger partial charge in [0.1, 0.15) is 0 Å². The second-order valence-electron chi connectivity index (χ2n) is 5.75. The quantitative estimate of drug-likeness (QED) is 0.721. The van der Waals surface area contributed by atoms with E-state index in [-0.39, 0.29) is 5.37 Å². The van der Waals surface area contributed by atoms with Crippen molar-refractivity contribution in [3.05, 3.63) is 63.1 Å². The van der Waals surface area contributed by atoms with E-state index in [1.165, 1.54) is 4.31 Å². The lowest BCUT2D eigenvalue weighted by Gasteiger charge is -2.24. The van der Waals surface area contributed by atoms with Crippen molar-refractivity contribution in [1.82, 2.24) is 4.31 Å². The van der Waals surface area contributed by atoms with Gasteiger partial charge in [-0.1, -0.05) is 35.3 Å². The van der Waals surface area contributed by atoms with Crippen LogP contribution in [0.4, 0.5) is 0 Å². The van der Waals surface area contributed by atoms with E-state index >= 15 is 0 Å². The zero-order valence-electron chi connectivity index (χ0n) is 13.3. The van der Waals surface area contributed by atoms with Crippen LogP contribution < -0.4 is 0 Å². The molecule has 0 bridgehead atoms. The Hall–Kier alpha value is -0.720. The van der Waals surface area contributed by atoms with Gasteiger partial charge in [0.2, 0.25) is 10.0 Å². The number of sulfonamides is 1. The van der Waals surface area contributed by atoms with Gasteiger partial charge in [0.05, 0.1) is 10.3 Å².